The zero-order valence-electron chi connectivity index (χ0n) is 6.94. The number of thiophene rings is 1. The molecule has 1 N–H and O–H groups in total. The van der Waals surface area contributed by atoms with E-state index in [4.69, 9.17) is 4.74 Å². The second-order valence-corrected chi connectivity index (χ2v) is 4.00. The van der Waals surface area contributed by atoms with E-state index in [0.717, 1.165) is 10.1 Å². The van der Waals surface area contributed by atoms with Crippen molar-refractivity contribution in [3.63, 3.8) is 0 Å². The number of fused-ring (bicyclic) bond motifs is 1. The maximum Gasteiger partial charge on any atom is 0.141 e. The summed E-state index contributed by atoms with van der Waals surface area (Å²) in [6, 6.07) is 3.70. The molecule has 1 aromatic carbocycles. The number of thiol groups is 1. The largest absolute Gasteiger partial charge is 0.506 e. The maximum atomic E-state index is 9.71. The van der Waals surface area contributed by atoms with E-state index >= 15 is 0 Å². The van der Waals surface area contributed by atoms with Crippen LogP contribution in [0.25, 0.3) is 10.1 Å². The third kappa shape index (κ3) is 1.26. The van der Waals surface area contributed by atoms with Crippen molar-refractivity contribution in [2.45, 2.75) is 4.90 Å². The Bertz CT molecular complexity index is 448. The molecule has 0 fully saturated rings. The standard InChI is InChI=1S/C9H8O2S2/c1-11-5-4-13-7-3-2-6(12)9(10)8(5)7/h2-4,10,12H,1H3. The van der Waals surface area contributed by atoms with E-state index in [1.807, 2.05) is 11.4 Å². The molecule has 1 heterocycles. The van der Waals surface area contributed by atoms with E-state index in [-0.39, 0.29) is 5.75 Å². The molecule has 0 aliphatic heterocycles. The van der Waals surface area contributed by atoms with Crippen LogP contribution in [-0.4, -0.2) is 12.2 Å². The molecule has 0 spiro atoms. The van der Waals surface area contributed by atoms with Gasteiger partial charge in [0.15, 0.2) is 0 Å². The van der Waals surface area contributed by atoms with E-state index in [0.29, 0.717) is 10.6 Å². The van der Waals surface area contributed by atoms with Gasteiger partial charge in [0.1, 0.15) is 11.5 Å². The number of benzene rings is 1. The molecule has 2 rings (SSSR count). The van der Waals surface area contributed by atoms with Crippen molar-refractivity contribution in [3.8, 4) is 11.5 Å². The van der Waals surface area contributed by atoms with Gasteiger partial charge < -0.3 is 9.84 Å². The minimum atomic E-state index is 0.193. The van der Waals surface area contributed by atoms with Crippen LogP contribution in [0.4, 0.5) is 0 Å². The van der Waals surface area contributed by atoms with Gasteiger partial charge in [0.25, 0.3) is 0 Å². The minimum absolute atomic E-state index is 0.193. The normalized spacial score (nSPS) is 10.6. The van der Waals surface area contributed by atoms with E-state index in [1.54, 1.807) is 24.5 Å². The van der Waals surface area contributed by atoms with Crippen molar-refractivity contribution in [3.05, 3.63) is 17.5 Å². The molecule has 2 nitrogen and oxygen atoms in total. The lowest BCUT2D eigenvalue weighted by molar-refractivity contribution is 0.416. The van der Waals surface area contributed by atoms with Crippen LogP contribution in [0.15, 0.2) is 22.4 Å². The minimum Gasteiger partial charge on any atom is -0.506 e. The fourth-order valence-electron chi connectivity index (χ4n) is 1.22. The highest BCUT2D eigenvalue weighted by molar-refractivity contribution is 7.80. The fourth-order valence-corrected chi connectivity index (χ4v) is 2.32. The summed E-state index contributed by atoms with van der Waals surface area (Å²) in [5, 5.41) is 12.3. The quantitative estimate of drug-likeness (QED) is 0.712. The molecule has 0 aliphatic rings. The van der Waals surface area contributed by atoms with Crippen molar-refractivity contribution in [2.75, 3.05) is 7.11 Å². The number of rotatable bonds is 1. The molecule has 0 unspecified atom stereocenters. The molecule has 68 valence electrons. The van der Waals surface area contributed by atoms with E-state index in [9.17, 15) is 5.11 Å². The third-order valence-corrected chi connectivity index (χ3v) is 3.16. The number of aromatic hydroxyl groups is 1. The molecule has 1 aromatic heterocycles. The number of hydrogen-bond acceptors (Lipinski definition) is 4. The molecule has 0 bridgehead atoms. The summed E-state index contributed by atoms with van der Waals surface area (Å²) >= 11 is 5.68. The van der Waals surface area contributed by atoms with Crippen molar-refractivity contribution in [1.29, 1.82) is 0 Å². The molecule has 0 radical (unpaired) electrons. The van der Waals surface area contributed by atoms with E-state index < -0.39 is 0 Å². The molecule has 13 heavy (non-hydrogen) atoms. The van der Waals surface area contributed by atoms with Gasteiger partial charge >= 0.3 is 0 Å². The van der Waals surface area contributed by atoms with E-state index in [2.05, 4.69) is 12.6 Å². The molecule has 0 saturated heterocycles. The Labute approximate surface area is 85.2 Å². The Balaban J connectivity index is 2.85. The van der Waals surface area contributed by atoms with Gasteiger partial charge in [0.2, 0.25) is 0 Å². The summed E-state index contributed by atoms with van der Waals surface area (Å²) in [5.41, 5.74) is 0. The molecule has 0 atom stereocenters. The van der Waals surface area contributed by atoms with Crippen molar-refractivity contribution in [1.82, 2.24) is 0 Å². The van der Waals surface area contributed by atoms with Gasteiger partial charge in [-0.05, 0) is 12.1 Å². The van der Waals surface area contributed by atoms with Gasteiger partial charge in [-0.2, -0.15) is 0 Å². The van der Waals surface area contributed by atoms with Gasteiger partial charge in [0.05, 0.1) is 12.5 Å². The first-order valence-electron chi connectivity index (χ1n) is 3.70. The summed E-state index contributed by atoms with van der Waals surface area (Å²) in [7, 11) is 1.59. The summed E-state index contributed by atoms with van der Waals surface area (Å²) in [6.45, 7) is 0. The van der Waals surface area contributed by atoms with Crippen LogP contribution < -0.4 is 4.74 Å². The first-order chi connectivity index (χ1) is 6.24. The zero-order valence-corrected chi connectivity index (χ0v) is 8.65. The number of hydrogen-bond donors (Lipinski definition) is 2. The zero-order chi connectivity index (χ0) is 9.42. The van der Waals surface area contributed by atoms with Gasteiger partial charge in [-0.25, -0.2) is 0 Å². The summed E-state index contributed by atoms with van der Waals surface area (Å²) in [5.74, 6) is 0.896. The van der Waals surface area contributed by atoms with Crippen molar-refractivity contribution < 1.29 is 9.84 Å². The predicted octanol–water partition coefficient (Wildman–Crippen LogP) is 2.90. The Morgan fingerprint density at radius 1 is 1.46 bits per heavy atom. The third-order valence-electron chi connectivity index (χ3n) is 1.88. The summed E-state index contributed by atoms with van der Waals surface area (Å²) < 4.78 is 6.13. The number of ether oxygens (including phenoxy) is 1. The van der Waals surface area contributed by atoms with Gasteiger partial charge in [-0.1, -0.05) is 0 Å². The number of phenolic OH excluding ortho intramolecular Hbond substituents is 1. The molecule has 0 saturated carbocycles. The maximum absolute atomic E-state index is 9.71. The molecular weight excluding hydrogens is 204 g/mol. The Morgan fingerprint density at radius 2 is 2.23 bits per heavy atom. The molecule has 0 aliphatic carbocycles. The van der Waals surface area contributed by atoms with Gasteiger partial charge in [-0.15, -0.1) is 24.0 Å². The van der Waals surface area contributed by atoms with Crippen molar-refractivity contribution >= 4 is 34.1 Å². The predicted molar refractivity (Wildman–Crippen MR) is 57.3 cm³/mol. The van der Waals surface area contributed by atoms with Gasteiger partial charge in [-0.3, -0.25) is 0 Å². The van der Waals surface area contributed by atoms with Crippen LogP contribution in [0.1, 0.15) is 0 Å². The first kappa shape index (κ1) is 8.72. The second-order valence-electron chi connectivity index (χ2n) is 2.61. The summed E-state index contributed by atoms with van der Waals surface area (Å²) in [6.07, 6.45) is 0. The van der Waals surface area contributed by atoms with Crippen LogP contribution >= 0.6 is 24.0 Å². The highest BCUT2D eigenvalue weighted by Crippen LogP contribution is 2.41. The average molecular weight is 212 g/mol. The second kappa shape index (κ2) is 3.12. The van der Waals surface area contributed by atoms with Crippen molar-refractivity contribution in [2.24, 2.45) is 0 Å². The SMILES string of the molecule is COc1csc2ccc(S)c(O)c12. The monoisotopic (exact) mass is 212 g/mol. The lowest BCUT2D eigenvalue weighted by Gasteiger charge is -2.01. The fraction of sp³-hybridized carbons (Fsp3) is 0.111. The molecule has 4 heteroatoms. The van der Waals surface area contributed by atoms with Crippen LogP contribution in [-0.2, 0) is 0 Å². The Kier molecular flexibility index (Phi) is 2.09. The Morgan fingerprint density at radius 3 is 2.92 bits per heavy atom. The molecule has 2 aromatic rings. The lowest BCUT2D eigenvalue weighted by Crippen LogP contribution is -1.80. The number of phenols is 1. The molecular formula is C9H8O2S2. The first-order valence-corrected chi connectivity index (χ1v) is 5.03. The number of methoxy groups -OCH3 is 1. The highest BCUT2D eigenvalue weighted by atomic mass is 32.1. The topological polar surface area (TPSA) is 29.5 Å². The van der Waals surface area contributed by atoms with Crippen LogP contribution in [0.3, 0.4) is 0 Å². The summed E-state index contributed by atoms with van der Waals surface area (Å²) in [4.78, 5) is 0.573. The lowest BCUT2D eigenvalue weighted by atomic mass is 10.2. The highest BCUT2D eigenvalue weighted by Gasteiger charge is 2.10. The average Bonchev–Trinajstić information content (AvgIpc) is 2.55. The molecule has 0 amide bonds. The van der Waals surface area contributed by atoms with Crippen LogP contribution in [0.2, 0.25) is 0 Å². The Hall–Kier alpha value is -0.870. The van der Waals surface area contributed by atoms with Crippen LogP contribution in [0.5, 0.6) is 11.5 Å². The van der Waals surface area contributed by atoms with Crippen LogP contribution in [0, 0.1) is 0 Å². The van der Waals surface area contributed by atoms with E-state index in [1.165, 1.54) is 0 Å². The van der Waals surface area contributed by atoms with Gasteiger partial charge in [0, 0.05) is 15.0 Å². The smallest absolute Gasteiger partial charge is 0.141 e.